The van der Waals surface area contributed by atoms with Crippen molar-refractivity contribution in [3.63, 3.8) is 0 Å². The molecule has 0 saturated heterocycles. The number of rotatable bonds is 9. The smallest absolute Gasteiger partial charge is 0.454 e. The Labute approximate surface area is 171 Å². The molecule has 1 saturated carbocycles. The van der Waals surface area contributed by atoms with E-state index < -0.39 is 25.2 Å². The van der Waals surface area contributed by atoms with Crippen LogP contribution in [0.15, 0.2) is 28.6 Å². The number of nitrogens with zero attached hydrogens (tertiary/aromatic N) is 2. The number of aryl methyl sites for hydroxylation is 2. The molecular formula is C18H24N3O6PS. The summed E-state index contributed by atoms with van der Waals surface area (Å²) >= 11 is 0. The second kappa shape index (κ2) is 9.65. The minimum absolute atomic E-state index is 0.0626. The second-order valence-electron chi connectivity index (χ2n) is 6.78. The van der Waals surface area contributed by atoms with Gasteiger partial charge in [0.25, 0.3) is 0 Å². The Kier molecular flexibility index (Phi) is 7.74. The average molecular weight is 441 g/mol. The Balaban J connectivity index is 2.46. The van der Waals surface area contributed by atoms with E-state index in [9.17, 15) is 14.0 Å². The zero-order valence-electron chi connectivity index (χ0n) is 16.4. The van der Waals surface area contributed by atoms with Crippen LogP contribution in [0.3, 0.4) is 0 Å². The van der Waals surface area contributed by atoms with Gasteiger partial charge in [0.1, 0.15) is 23.9 Å². The molecule has 29 heavy (non-hydrogen) atoms. The highest BCUT2D eigenvalue weighted by molar-refractivity contribution is 7.84. The third-order valence-corrected chi connectivity index (χ3v) is 5.14. The molecule has 1 aliphatic rings. The Morgan fingerprint density at radius 3 is 2.41 bits per heavy atom. The van der Waals surface area contributed by atoms with Crippen LogP contribution in [-0.4, -0.2) is 38.4 Å². The lowest BCUT2D eigenvalue weighted by Gasteiger charge is -2.17. The average Bonchev–Trinajstić information content (AvgIpc) is 3.43. The number of hydrogen-bond donors (Lipinski definition) is 3. The van der Waals surface area contributed by atoms with Gasteiger partial charge in [0.05, 0.1) is 17.3 Å². The van der Waals surface area contributed by atoms with Crippen LogP contribution in [0.4, 0.5) is 0 Å². The van der Waals surface area contributed by atoms with E-state index in [1.165, 1.54) is 6.26 Å². The first-order valence-corrected chi connectivity index (χ1v) is 12.0. The zero-order valence-corrected chi connectivity index (χ0v) is 18.1. The molecule has 0 radical (unpaired) electrons. The molecule has 1 aliphatic carbocycles. The topological polar surface area (TPSA) is 155 Å². The maximum absolute atomic E-state index is 11.5. The van der Waals surface area contributed by atoms with Crippen molar-refractivity contribution in [2.24, 2.45) is 16.6 Å². The molecule has 0 aromatic heterocycles. The third kappa shape index (κ3) is 7.07. The second-order valence-corrected chi connectivity index (χ2v) is 9.42. The first-order valence-electron chi connectivity index (χ1n) is 8.74. The van der Waals surface area contributed by atoms with Crippen LogP contribution >= 0.6 is 7.82 Å². The Hall–Kier alpha value is -2.02. The highest BCUT2D eigenvalue weighted by Crippen LogP contribution is 2.38. The van der Waals surface area contributed by atoms with Gasteiger partial charge >= 0.3 is 7.82 Å². The number of nitriles is 1. The van der Waals surface area contributed by atoms with E-state index >= 15 is 0 Å². The molecule has 0 aliphatic heterocycles. The number of hydrogen-bond acceptors (Lipinski definition) is 7. The van der Waals surface area contributed by atoms with Crippen molar-refractivity contribution in [1.82, 2.24) is 0 Å². The monoisotopic (exact) mass is 441 g/mol. The van der Waals surface area contributed by atoms with E-state index in [-0.39, 0.29) is 23.3 Å². The number of phosphoric ester groups is 1. The standard InChI is InChI=1S/C18H24N3O6PS/c1-11-6-14(7-12(2)15(11)8-19)27-18(17(20)13-4-5-13)16(21-10-29(3)25)9-26-28(22,23)24/h6-7,13H,4-5,9-10,20H2,1-3H3,(H2,22,23,24). The molecule has 0 spiro atoms. The summed E-state index contributed by atoms with van der Waals surface area (Å²) in [4.78, 5) is 22.3. The molecule has 1 fully saturated rings. The van der Waals surface area contributed by atoms with E-state index in [1.807, 2.05) is 0 Å². The molecule has 0 amide bonds. The summed E-state index contributed by atoms with van der Waals surface area (Å²) in [6.45, 7) is 2.99. The van der Waals surface area contributed by atoms with Gasteiger partial charge in [-0.3, -0.25) is 13.7 Å². The van der Waals surface area contributed by atoms with Crippen LogP contribution in [0.2, 0.25) is 0 Å². The minimum atomic E-state index is -4.77. The molecule has 2 rings (SSSR count). The summed E-state index contributed by atoms with van der Waals surface area (Å²) in [6.07, 6.45) is 3.17. The van der Waals surface area contributed by atoms with Crippen LogP contribution in [0.1, 0.15) is 29.5 Å². The van der Waals surface area contributed by atoms with Gasteiger partial charge in [-0.2, -0.15) is 5.26 Å². The third-order valence-electron chi connectivity index (χ3n) is 4.19. The fraction of sp³-hybridized carbons (Fsp3) is 0.444. The molecule has 0 heterocycles. The van der Waals surface area contributed by atoms with E-state index in [1.54, 1.807) is 26.0 Å². The van der Waals surface area contributed by atoms with Gasteiger partial charge in [-0.15, -0.1) is 0 Å². The lowest BCUT2D eigenvalue weighted by atomic mass is 10.0. The lowest BCUT2D eigenvalue weighted by Crippen LogP contribution is -2.22. The van der Waals surface area contributed by atoms with Crippen molar-refractivity contribution in [3.8, 4) is 11.8 Å². The van der Waals surface area contributed by atoms with Gasteiger partial charge < -0.3 is 20.3 Å². The number of ether oxygens (including phenoxy) is 1. The van der Waals surface area contributed by atoms with Gasteiger partial charge in [-0.05, 0) is 49.9 Å². The minimum Gasteiger partial charge on any atom is -0.454 e. The zero-order chi connectivity index (χ0) is 21.8. The molecule has 1 aromatic rings. The van der Waals surface area contributed by atoms with Gasteiger partial charge in [-0.1, -0.05) is 0 Å². The molecule has 158 valence electrons. The predicted octanol–water partition coefficient (Wildman–Crippen LogP) is 2.02. The lowest BCUT2D eigenvalue weighted by molar-refractivity contribution is 0.220. The maximum Gasteiger partial charge on any atom is 0.469 e. The van der Waals surface area contributed by atoms with Crippen LogP contribution in [-0.2, 0) is 19.9 Å². The molecule has 0 bridgehead atoms. The Morgan fingerprint density at radius 2 is 1.97 bits per heavy atom. The molecule has 1 unspecified atom stereocenters. The summed E-state index contributed by atoms with van der Waals surface area (Å²) in [5.74, 6) is 0.503. The van der Waals surface area contributed by atoms with E-state index in [0.717, 1.165) is 12.8 Å². The summed E-state index contributed by atoms with van der Waals surface area (Å²) in [5.41, 5.74) is 8.67. The predicted molar refractivity (Wildman–Crippen MR) is 110 cm³/mol. The normalized spacial score (nSPS) is 16.8. The molecule has 1 aromatic carbocycles. The molecule has 11 heteroatoms. The van der Waals surface area contributed by atoms with Gasteiger partial charge in [-0.25, -0.2) is 4.57 Å². The number of allylic oxidation sites excluding steroid dienone is 1. The van der Waals surface area contributed by atoms with E-state index in [2.05, 4.69) is 15.6 Å². The van der Waals surface area contributed by atoms with Crippen LogP contribution in [0.5, 0.6) is 5.75 Å². The SMILES string of the molecule is Cc1cc(OC(C(COP(=O)(O)O)=NCS(C)=O)=C(N)C2CC2)cc(C)c1C#N. The number of benzene rings is 1. The fourth-order valence-corrected chi connectivity index (χ4v) is 3.27. The fourth-order valence-electron chi connectivity index (χ4n) is 2.64. The summed E-state index contributed by atoms with van der Waals surface area (Å²) in [7, 11) is -6.05. The molecule has 9 nitrogen and oxygen atoms in total. The highest BCUT2D eigenvalue weighted by atomic mass is 32.2. The summed E-state index contributed by atoms with van der Waals surface area (Å²) < 4.78 is 33.2. The van der Waals surface area contributed by atoms with Crippen LogP contribution in [0, 0.1) is 31.1 Å². The van der Waals surface area contributed by atoms with Gasteiger partial charge in [0.15, 0.2) is 5.76 Å². The quantitative estimate of drug-likeness (QED) is 0.299. The van der Waals surface area contributed by atoms with Gasteiger partial charge in [0.2, 0.25) is 0 Å². The van der Waals surface area contributed by atoms with Crippen LogP contribution in [0.25, 0.3) is 0 Å². The molecular weight excluding hydrogens is 417 g/mol. The molecule has 4 N–H and O–H groups in total. The van der Waals surface area contributed by atoms with Crippen LogP contribution < -0.4 is 10.5 Å². The molecule has 1 atom stereocenters. The summed E-state index contributed by atoms with van der Waals surface area (Å²) in [5, 5.41) is 9.24. The van der Waals surface area contributed by atoms with Crippen molar-refractivity contribution >= 4 is 24.3 Å². The van der Waals surface area contributed by atoms with Crippen molar-refractivity contribution in [2.75, 3.05) is 18.7 Å². The number of aliphatic imine (C=N–C) groups is 1. The Morgan fingerprint density at radius 1 is 1.38 bits per heavy atom. The summed E-state index contributed by atoms with van der Waals surface area (Å²) in [6, 6.07) is 5.47. The number of phosphoric acid groups is 1. The van der Waals surface area contributed by atoms with Crippen molar-refractivity contribution < 1.29 is 27.8 Å². The first kappa shape index (κ1) is 23.3. The van der Waals surface area contributed by atoms with E-state index in [4.69, 9.17) is 20.3 Å². The maximum atomic E-state index is 11.5. The number of nitrogens with two attached hydrogens (primary N) is 1. The van der Waals surface area contributed by atoms with E-state index in [0.29, 0.717) is 28.1 Å². The van der Waals surface area contributed by atoms with Crippen molar-refractivity contribution in [2.45, 2.75) is 26.7 Å². The Bertz CT molecular complexity index is 936. The highest BCUT2D eigenvalue weighted by Gasteiger charge is 2.30. The van der Waals surface area contributed by atoms with Crippen molar-refractivity contribution in [3.05, 3.63) is 40.3 Å². The van der Waals surface area contributed by atoms with Crippen molar-refractivity contribution in [1.29, 1.82) is 5.26 Å². The van der Waals surface area contributed by atoms with Gasteiger partial charge in [0, 0.05) is 23.0 Å². The largest absolute Gasteiger partial charge is 0.469 e. The first-order chi connectivity index (χ1) is 13.5.